The Hall–Kier alpha value is -3.33. The lowest BCUT2D eigenvalue weighted by Gasteiger charge is -2.36. The highest BCUT2D eigenvalue weighted by molar-refractivity contribution is 5.85. The van der Waals surface area contributed by atoms with Crippen LogP contribution in [0.1, 0.15) is 31.2 Å². The number of nitrogens with zero attached hydrogens (tertiary/aromatic N) is 3. The molecular formula is C29H35N5O3. The third kappa shape index (κ3) is 6.52. The van der Waals surface area contributed by atoms with Crippen LogP contribution in [0.5, 0.6) is 5.75 Å². The Morgan fingerprint density at radius 1 is 1.14 bits per heavy atom. The summed E-state index contributed by atoms with van der Waals surface area (Å²) in [5.74, 6) is 0.748. The van der Waals surface area contributed by atoms with Crippen LogP contribution in [0.4, 0.5) is 5.69 Å². The van der Waals surface area contributed by atoms with E-state index in [0.717, 1.165) is 80.4 Å². The van der Waals surface area contributed by atoms with Crippen molar-refractivity contribution in [2.75, 3.05) is 38.2 Å². The number of benzene rings is 2. The number of anilines is 1. The molecule has 0 unspecified atom stereocenters. The van der Waals surface area contributed by atoms with Crippen LogP contribution >= 0.6 is 0 Å². The molecule has 0 spiro atoms. The van der Waals surface area contributed by atoms with Crippen molar-refractivity contribution in [3.8, 4) is 5.75 Å². The average Bonchev–Trinajstić information content (AvgIpc) is 3.40. The zero-order chi connectivity index (χ0) is 25.3. The third-order valence-corrected chi connectivity index (χ3v) is 7.14. The lowest BCUT2D eigenvalue weighted by Crippen LogP contribution is -2.49. The zero-order valence-electron chi connectivity index (χ0n) is 21.1. The van der Waals surface area contributed by atoms with Gasteiger partial charge in [0.25, 0.3) is 0 Å². The van der Waals surface area contributed by atoms with Gasteiger partial charge in [-0.3, -0.25) is 15.0 Å². The van der Waals surface area contributed by atoms with E-state index in [-0.39, 0.29) is 6.17 Å². The smallest absolute Gasteiger partial charge is 0.161 e. The zero-order valence-corrected chi connectivity index (χ0v) is 21.1. The van der Waals surface area contributed by atoms with Crippen molar-refractivity contribution in [1.82, 2.24) is 20.2 Å². The topological polar surface area (TPSA) is 88.6 Å². The maximum Gasteiger partial charge on any atom is 0.161 e. The Balaban J connectivity index is 1.41. The lowest BCUT2D eigenvalue weighted by atomic mass is 10.1. The fourth-order valence-corrected chi connectivity index (χ4v) is 5.18. The molecule has 1 saturated carbocycles. The molecule has 1 aliphatic carbocycles. The number of allylic oxidation sites excluding steroid dienone is 1. The first-order chi connectivity index (χ1) is 18.2. The van der Waals surface area contributed by atoms with Gasteiger partial charge in [0, 0.05) is 50.1 Å². The van der Waals surface area contributed by atoms with Crippen LogP contribution in [0.2, 0.25) is 0 Å². The van der Waals surface area contributed by atoms with Crippen molar-refractivity contribution >= 4 is 22.9 Å². The Kier molecular flexibility index (Phi) is 8.40. The number of aldehydes is 1. The van der Waals surface area contributed by atoms with Gasteiger partial charge in [-0.05, 0) is 43.0 Å². The summed E-state index contributed by atoms with van der Waals surface area (Å²) in [7, 11) is 0. The van der Waals surface area contributed by atoms with Crippen LogP contribution in [0.15, 0.2) is 67.1 Å². The van der Waals surface area contributed by atoms with Gasteiger partial charge in [0.2, 0.25) is 0 Å². The molecule has 1 aromatic heterocycles. The molecule has 1 saturated heterocycles. The predicted molar refractivity (Wildman–Crippen MR) is 145 cm³/mol. The molecule has 194 valence electrons. The van der Waals surface area contributed by atoms with Gasteiger partial charge < -0.3 is 14.8 Å². The van der Waals surface area contributed by atoms with E-state index in [1.165, 1.54) is 5.56 Å². The molecule has 0 bridgehead atoms. The van der Waals surface area contributed by atoms with E-state index >= 15 is 0 Å². The number of aromatic nitrogens is 2. The van der Waals surface area contributed by atoms with Gasteiger partial charge in [-0.1, -0.05) is 30.3 Å². The summed E-state index contributed by atoms with van der Waals surface area (Å²) in [5, 5.41) is 8.31. The average molecular weight is 502 g/mol. The molecular weight excluding hydrogens is 466 g/mol. The van der Waals surface area contributed by atoms with Gasteiger partial charge in [0.1, 0.15) is 18.4 Å². The second-order valence-electron chi connectivity index (χ2n) is 9.65. The highest BCUT2D eigenvalue weighted by Gasteiger charge is 2.36. The number of morpholine rings is 1. The summed E-state index contributed by atoms with van der Waals surface area (Å²) in [6.45, 7) is 3.71. The van der Waals surface area contributed by atoms with E-state index in [1.807, 2.05) is 30.5 Å². The molecule has 8 heteroatoms. The number of carbonyl (C=O) groups is 1. The van der Waals surface area contributed by atoms with Crippen LogP contribution in [0.3, 0.4) is 0 Å². The third-order valence-electron chi connectivity index (χ3n) is 7.14. The second-order valence-corrected chi connectivity index (χ2v) is 9.65. The van der Waals surface area contributed by atoms with E-state index < -0.39 is 5.72 Å². The summed E-state index contributed by atoms with van der Waals surface area (Å²) in [6.07, 6.45) is 12.5. The molecule has 0 amide bonds. The van der Waals surface area contributed by atoms with Crippen LogP contribution in [0.25, 0.3) is 10.9 Å². The molecule has 1 aliphatic heterocycles. The van der Waals surface area contributed by atoms with Gasteiger partial charge in [0.15, 0.2) is 5.72 Å². The van der Waals surface area contributed by atoms with Crippen LogP contribution in [0, 0.1) is 0 Å². The molecule has 2 fully saturated rings. The minimum absolute atomic E-state index is 0.177. The van der Waals surface area contributed by atoms with Crippen LogP contribution in [-0.2, 0) is 16.0 Å². The van der Waals surface area contributed by atoms with E-state index in [9.17, 15) is 4.79 Å². The molecule has 2 aliphatic rings. The summed E-state index contributed by atoms with van der Waals surface area (Å²) < 4.78 is 12.4. The van der Waals surface area contributed by atoms with Crippen molar-refractivity contribution in [2.24, 2.45) is 0 Å². The van der Waals surface area contributed by atoms with Gasteiger partial charge in [-0.25, -0.2) is 9.97 Å². The molecule has 8 nitrogen and oxygen atoms in total. The van der Waals surface area contributed by atoms with E-state index in [1.54, 1.807) is 12.4 Å². The van der Waals surface area contributed by atoms with Crippen molar-refractivity contribution in [1.29, 1.82) is 0 Å². The number of carbonyl (C=O) groups excluding carboxylic acids is 1. The first-order valence-electron chi connectivity index (χ1n) is 13.2. The number of rotatable bonds is 11. The standard InChI is InChI=1S/C29H35N5O3/c35-16-6-9-28(34-14-17-36-18-15-34)33-26-19-24-21-30-22-31-25(24)20-27(26)37-29(11-4-5-12-29)32-13-10-23-7-2-1-3-8-23/h1-3,6-9,16,19-22,28,32-33H,4-5,10-15,17-18H2/t28-/m1/s1. The molecule has 1 atom stereocenters. The molecule has 2 aromatic carbocycles. The maximum absolute atomic E-state index is 11.2. The van der Waals surface area contributed by atoms with Crippen molar-refractivity contribution in [3.05, 3.63) is 72.7 Å². The fourth-order valence-electron chi connectivity index (χ4n) is 5.18. The number of hydrogen-bond donors (Lipinski definition) is 2. The number of hydrogen-bond acceptors (Lipinski definition) is 8. The molecule has 3 aromatic rings. The quantitative estimate of drug-likeness (QED) is 0.232. The fraction of sp³-hybridized carbons (Fsp3) is 0.414. The summed E-state index contributed by atoms with van der Waals surface area (Å²) in [6, 6.07) is 14.6. The molecule has 37 heavy (non-hydrogen) atoms. The minimum Gasteiger partial charge on any atom is -0.471 e. The number of ether oxygens (including phenoxy) is 2. The van der Waals surface area contributed by atoms with Gasteiger partial charge in [-0.15, -0.1) is 0 Å². The summed E-state index contributed by atoms with van der Waals surface area (Å²) >= 11 is 0. The number of fused-ring (bicyclic) bond motifs is 1. The Morgan fingerprint density at radius 2 is 1.95 bits per heavy atom. The Bertz CT molecular complexity index is 1190. The first kappa shape index (κ1) is 25.3. The van der Waals surface area contributed by atoms with Crippen LogP contribution in [-0.4, -0.2) is 65.9 Å². The molecule has 0 radical (unpaired) electrons. The van der Waals surface area contributed by atoms with Gasteiger partial charge in [-0.2, -0.15) is 0 Å². The SMILES string of the molecule is O=CC=C[C@H](Nc1cc2cncnc2cc1OC1(NCCc2ccccc2)CCCC1)N1CCOCC1. The normalized spacial score (nSPS) is 18.7. The van der Waals surface area contributed by atoms with E-state index in [0.29, 0.717) is 13.2 Å². The maximum atomic E-state index is 11.2. The largest absolute Gasteiger partial charge is 0.471 e. The van der Waals surface area contributed by atoms with E-state index in [4.69, 9.17) is 9.47 Å². The van der Waals surface area contributed by atoms with Gasteiger partial charge >= 0.3 is 0 Å². The first-order valence-corrected chi connectivity index (χ1v) is 13.2. The van der Waals surface area contributed by atoms with E-state index in [2.05, 4.69) is 49.8 Å². The number of nitrogens with one attached hydrogen (secondary N) is 2. The molecule has 5 rings (SSSR count). The van der Waals surface area contributed by atoms with Crippen molar-refractivity contribution < 1.29 is 14.3 Å². The highest BCUT2D eigenvalue weighted by Crippen LogP contribution is 2.38. The lowest BCUT2D eigenvalue weighted by molar-refractivity contribution is -0.104. The molecule has 2 N–H and O–H groups in total. The molecule has 2 heterocycles. The monoisotopic (exact) mass is 501 g/mol. The van der Waals surface area contributed by atoms with Crippen molar-refractivity contribution in [3.63, 3.8) is 0 Å². The highest BCUT2D eigenvalue weighted by atomic mass is 16.5. The predicted octanol–water partition coefficient (Wildman–Crippen LogP) is 3.94. The van der Waals surface area contributed by atoms with Crippen LogP contribution < -0.4 is 15.4 Å². The van der Waals surface area contributed by atoms with Gasteiger partial charge in [0.05, 0.1) is 30.6 Å². The Labute approximate surface area is 218 Å². The summed E-state index contributed by atoms with van der Waals surface area (Å²) in [5.41, 5.74) is 2.56. The van der Waals surface area contributed by atoms with Crippen molar-refractivity contribution in [2.45, 2.75) is 44.0 Å². The summed E-state index contributed by atoms with van der Waals surface area (Å²) in [4.78, 5) is 22.1. The Morgan fingerprint density at radius 3 is 2.73 bits per heavy atom. The minimum atomic E-state index is -0.432. The second kappa shape index (κ2) is 12.3.